The zero-order valence-corrected chi connectivity index (χ0v) is 13.1. The highest BCUT2D eigenvalue weighted by Crippen LogP contribution is 2.18. The second-order valence-corrected chi connectivity index (χ2v) is 5.46. The van der Waals surface area contributed by atoms with E-state index < -0.39 is 6.04 Å². The summed E-state index contributed by atoms with van der Waals surface area (Å²) in [5, 5.41) is 7.35. The number of amides is 1. The summed E-state index contributed by atoms with van der Waals surface area (Å²) in [6.45, 7) is 1.79. The maximum atomic E-state index is 12.2. The van der Waals surface area contributed by atoms with Gasteiger partial charge in [-0.25, -0.2) is 0 Å². The normalized spacial score (nSPS) is 11.9. The van der Waals surface area contributed by atoms with Crippen LogP contribution < -0.4 is 5.32 Å². The molecule has 0 aliphatic rings. The van der Waals surface area contributed by atoms with Crippen LogP contribution in [-0.4, -0.2) is 16.0 Å². The average Bonchev–Trinajstić information content (AvgIpc) is 3.06. The van der Waals surface area contributed by atoms with E-state index in [2.05, 4.69) is 15.5 Å². The Balaban J connectivity index is 1.71. The summed E-state index contributed by atoms with van der Waals surface area (Å²) in [5.41, 5.74) is 1.38. The topological polar surface area (TPSA) is 68.0 Å². The Morgan fingerprint density at radius 1 is 1.13 bits per heavy atom. The highest BCUT2D eigenvalue weighted by molar-refractivity contribution is 6.30. The minimum absolute atomic E-state index is 0.228. The number of carbonyl (C=O) groups is 1. The maximum Gasteiger partial charge on any atom is 0.251 e. The Bertz CT molecular complexity index is 800. The monoisotopic (exact) mass is 327 g/mol. The van der Waals surface area contributed by atoms with Gasteiger partial charge in [-0.2, -0.15) is 4.98 Å². The first kappa shape index (κ1) is 15.2. The number of aromatic nitrogens is 2. The SMILES string of the molecule is CC(NC(=O)c1ccc(Cl)cc1)c1nc(-c2ccccc2)no1. The van der Waals surface area contributed by atoms with Crippen LogP contribution in [0.3, 0.4) is 0 Å². The minimum atomic E-state index is -0.400. The molecule has 116 valence electrons. The molecule has 0 fully saturated rings. The molecule has 0 aliphatic carbocycles. The van der Waals surface area contributed by atoms with Crippen LogP contribution in [0.4, 0.5) is 0 Å². The van der Waals surface area contributed by atoms with Gasteiger partial charge >= 0.3 is 0 Å². The predicted octanol–water partition coefficient (Wildman–Crippen LogP) is 3.88. The van der Waals surface area contributed by atoms with Crippen molar-refractivity contribution in [3.63, 3.8) is 0 Å². The van der Waals surface area contributed by atoms with Crippen molar-refractivity contribution >= 4 is 17.5 Å². The summed E-state index contributed by atoms with van der Waals surface area (Å²) in [4.78, 5) is 16.5. The Labute approximate surface area is 138 Å². The lowest BCUT2D eigenvalue weighted by molar-refractivity contribution is 0.0932. The Hall–Kier alpha value is -2.66. The predicted molar refractivity (Wildman–Crippen MR) is 87.1 cm³/mol. The van der Waals surface area contributed by atoms with E-state index in [1.807, 2.05) is 30.3 Å². The number of rotatable bonds is 4. The van der Waals surface area contributed by atoms with E-state index in [9.17, 15) is 4.79 Å². The Kier molecular flexibility index (Phi) is 4.39. The van der Waals surface area contributed by atoms with Crippen LogP contribution in [0, 0.1) is 0 Å². The van der Waals surface area contributed by atoms with E-state index in [-0.39, 0.29) is 5.91 Å². The third-order valence-electron chi connectivity index (χ3n) is 3.30. The molecule has 6 heteroatoms. The summed E-state index contributed by atoms with van der Waals surface area (Å²) < 4.78 is 5.24. The first-order chi connectivity index (χ1) is 11.1. The van der Waals surface area contributed by atoms with Crippen molar-refractivity contribution in [3.8, 4) is 11.4 Å². The van der Waals surface area contributed by atoms with Gasteiger partial charge in [0, 0.05) is 16.1 Å². The number of halogens is 1. The molecule has 1 aromatic heterocycles. The molecule has 1 N–H and O–H groups in total. The van der Waals surface area contributed by atoms with Crippen molar-refractivity contribution in [3.05, 3.63) is 71.1 Å². The lowest BCUT2D eigenvalue weighted by Crippen LogP contribution is -2.26. The molecule has 0 radical (unpaired) electrons. The van der Waals surface area contributed by atoms with E-state index in [4.69, 9.17) is 16.1 Å². The van der Waals surface area contributed by atoms with Crippen LogP contribution in [0.25, 0.3) is 11.4 Å². The van der Waals surface area contributed by atoms with Crippen LogP contribution in [0.5, 0.6) is 0 Å². The maximum absolute atomic E-state index is 12.2. The van der Waals surface area contributed by atoms with Gasteiger partial charge in [0.1, 0.15) is 6.04 Å². The molecule has 3 aromatic rings. The van der Waals surface area contributed by atoms with Gasteiger partial charge in [0.15, 0.2) is 0 Å². The van der Waals surface area contributed by atoms with Gasteiger partial charge < -0.3 is 9.84 Å². The fourth-order valence-electron chi connectivity index (χ4n) is 2.06. The van der Waals surface area contributed by atoms with Crippen molar-refractivity contribution in [2.45, 2.75) is 13.0 Å². The summed E-state index contributed by atoms with van der Waals surface area (Å²) in [6, 6.07) is 15.8. The van der Waals surface area contributed by atoms with E-state index in [1.54, 1.807) is 31.2 Å². The lowest BCUT2D eigenvalue weighted by atomic mass is 10.2. The van der Waals surface area contributed by atoms with E-state index in [1.165, 1.54) is 0 Å². The second kappa shape index (κ2) is 6.62. The molecule has 2 aromatic carbocycles. The first-order valence-corrected chi connectivity index (χ1v) is 7.47. The molecule has 0 saturated heterocycles. The first-order valence-electron chi connectivity index (χ1n) is 7.09. The highest BCUT2D eigenvalue weighted by Gasteiger charge is 2.18. The van der Waals surface area contributed by atoms with Crippen molar-refractivity contribution in [2.24, 2.45) is 0 Å². The molecule has 23 heavy (non-hydrogen) atoms. The van der Waals surface area contributed by atoms with Gasteiger partial charge in [0.2, 0.25) is 11.7 Å². The summed E-state index contributed by atoms with van der Waals surface area (Å²) in [7, 11) is 0. The number of hydrogen-bond donors (Lipinski definition) is 1. The van der Waals surface area contributed by atoms with Crippen molar-refractivity contribution in [2.75, 3.05) is 0 Å². The van der Waals surface area contributed by atoms with Crippen LogP contribution in [0.1, 0.15) is 29.2 Å². The van der Waals surface area contributed by atoms with Gasteiger partial charge in [0.05, 0.1) is 0 Å². The molecular formula is C17H14ClN3O2. The van der Waals surface area contributed by atoms with Gasteiger partial charge in [-0.15, -0.1) is 0 Å². The van der Waals surface area contributed by atoms with E-state index in [0.29, 0.717) is 22.3 Å². The molecule has 0 bridgehead atoms. The zero-order chi connectivity index (χ0) is 16.2. The Morgan fingerprint density at radius 2 is 1.83 bits per heavy atom. The number of nitrogens with one attached hydrogen (secondary N) is 1. The van der Waals surface area contributed by atoms with Gasteiger partial charge in [-0.3, -0.25) is 4.79 Å². The van der Waals surface area contributed by atoms with Crippen LogP contribution >= 0.6 is 11.6 Å². The largest absolute Gasteiger partial charge is 0.341 e. The summed E-state index contributed by atoms with van der Waals surface area (Å²) >= 11 is 5.81. The quantitative estimate of drug-likeness (QED) is 0.789. The number of hydrogen-bond acceptors (Lipinski definition) is 4. The second-order valence-electron chi connectivity index (χ2n) is 5.02. The molecule has 0 spiro atoms. The molecule has 1 heterocycles. The van der Waals surface area contributed by atoms with Crippen molar-refractivity contribution in [1.29, 1.82) is 0 Å². The number of nitrogens with zero attached hydrogens (tertiary/aromatic N) is 2. The molecule has 1 amide bonds. The van der Waals surface area contributed by atoms with Crippen molar-refractivity contribution in [1.82, 2.24) is 15.5 Å². The average molecular weight is 328 g/mol. The summed E-state index contributed by atoms with van der Waals surface area (Å²) in [6.07, 6.45) is 0. The minimum Gasteiger partial charge on any atom is -0.341 e. The molecule has 5 nitrogen and oxygen atoms in total. The third kappa shape index (κ3) is 3.57. The molecule has 0 saturated carbocycles. The number of benzene rings is 2. The van der Waals surface area contributed by atoms with Crippen LogP contribution in [0.15, 0.2) is 59.1 Å². The Morgan fingerprint density at radius 3 is 2.52 bits per heavy atom. The fourth-order valence-corrected chi connectivity index (χ4v) is 2.18. The number of carbonyl (C=O) groups excluding carboxylic acids is 1. The standard InChI is InChI=1S/C17H14ClN3O2/c1-11(19-16(22)13-7-9-14(18)10-8-13)17-20-15(21-23-17)12-5-3-2-4-6-12/h2-11H,1H3,(H,19,22). The lowest BCUT2D eigenvalue weighted by Gasteiger charge is -2.09. The van der Waals surface area contributed by atoms with Gasteiger partial charge in [-0.1, -0.05) is 47.1 Å². The van der Waals surface area contributed by atoms with E-state index >= 15 is 0 Å². The zero-order valence-electron chi connectivity index (χ0n) is 12.4. The van der Waals surface area contributed by atoms with E-state index in [0.717, 1.165) is 5.56 Å². The van der Waals surface area contributed by atoms with Crippen LogP contribution in [-0.2, 0) is 0 Å². The molecular weight excluding hydrogens is 314 g/mol. The molecule has 0 aliphatic heterocycles. The molecule has 1 unspecified atom stereocenters. The summed E-state index contributed by atoms with van der Waals surface area (Å²) in [5.74, 6) is 0.619. The van der Waals surface area contributed by atoms with Crippen molar-refractivity contribution < 1.29 is 9.32 Å². The fraction of sp³-hybridized carbons (Fsp3) is 0.118. The third-order valence-corrected chi connectivity index (χ3v) is 3.55. The smallest absolute Gasteiger partial charge is 0.251 e. The molecule has 3 rings (SSSR count). The highest BCUT2D eigenvalue weighted by atomic mass is 35.5. The van der Waals surface area contributed by atoms with Gasteiger partial charge in [-0.05, 0) is 31.2 Å². The van der Waals surface area contributed by atoms with Gasteiger partial charge in [0.25, 0.3) is 5.91 Å². The molecule has 1 atom stereocenters. The van der Waals surface area contributed by atoms with Crippen LogP contribution in [0.2, 0.25) is 5.02 Å².